The predicted molar refractivity (Wildman–Crippen MR) is 74.6 cm³/mol. The number of carbonyl (C=O) groups excluding carboxylic acids is 1. The maximum Gasteiger partial charge on any atom is 0.235 e. The van der Waals surface area contributed by atoms with Crippen LogP contribution in [0.4, 0.5) is 0 Å². The Balaban J connectivity index is 2.04. The zero-order valence-corrected chi connectivity index (χ0v) is 11.5. The number of hydrogen-bond donors (Lipinski definition) is 0. The molecule has 2 aromatic rings. The summed E-state index contributed by atoms with van der Waals surface area (Å²) in [5.41, 5.74) is 1.27. The van der Waals surface area contributed by atoms with E-state index in [1.54, 1.807) is 17.1 Å². The Kier molecular flexibility index (Phi) is 3.38. The van der Waals surface area contributed by atoms with Crippen LogP contribution in [0.1, 0.15) is 31.2 Å². The second kappa shape index (κ2) is 5.19. The maximum absolute atomic E-state index is 10.7. The lowest BCUT2D eigenvalue weighted by Crippen LogP contribution is -2.19. The van der Waals surface area contributed by atoms with Gasteiger partial charge in [0.1, 0.15) is 12.7 Å². The van der Waals surface area contributed by atoms with Gasteiger partial charge in [-0.3, -0.25) is 0 Å². The van der Waals surface area contributed by atoms with Crippen molar-refractivity contribution in [3.05, 3.63) is 41.4 Å². The summed E-state index contributed by atoms with van der Waals surface area (Å²) in [4.78, 5) is 18.7. The second-order valence-corrected chi connectivity index (χ2v) is 5.36. The monoisotopic (exact) mass is 288 g/mol. The molecule has 0 aliphatic heterocycles. The third kappa shape index (κ3) is 2.15. The van der Waals surface area contributed by atoms with Crippen molar-refractivity contribution in [3.8, 4) is 5.69 Å². The van der Waals surface area contributed by atoms with Crippen molar-refractivity contribution in [1.82, 2.24) is 14.8 Å². The molecule has 6 heteroatoms. The van der Waals surface area contributed by atoms with E-state index < -0.39 is 5.54 Å². The van der Waals surface area contributed by atoms with Gasteiger partial charge in [-0.05, 0) is 30.5 Å². The molecule has 0 unspecified atom stereocenters. The van der Waals surface area contributed by atoms with Gasteiger partial charge in [0, 0.05) is 0 Å². The zero-order chi connectivity index (χ0) is 14.0. The lowest BCUT2D eigenvalue weighted by molar-refractivity contribution is 0.456. The molecule has 5 nitrogen and oxygen atoms in total. The van der Waals surface area contributed by atoms with Gasteiger partial charge in [-0.1, -0.05) is 30.5 Å². The Hall–Kier alpha value is -1.97. The highest BCUT2D eigenvalue weighted by molar-refractivity contribution is 6.32. The fourth-order valence-electron chi connectivity index (χ4n) is 2.83. The van der Waals surface area contributed by atoms with E-state index in [0.29, 0.717) is 5.02 Å². The van der Waals surface area contributed by atoms with Crippen LogP contribution in [0.15, 0.2) is 35.8 Å². The molecule has 0 bridgehead atoms. The van der Waals surface area contributed by atoms with E-state index >= 15 is 0 Å². The van der Waals surface area contributed by atoms with Crippen molar-refractivity contribution >= 4 is 17.7 Å². The molecule has 1 aliphatic rings. The van der Waals surface area contributed by atoms with E-state index in [0.717, 1.165) is 36.9 Å². The van der Waals surface area contributed by atoms with Crippen molar-refractivity contribution in [2.24, 2.45) is 4.99 Å². The number of aromatic nitrogens is 3. The fraction of sp³-hybridized carbons (Fsp3) is 0.357. The number of rotatable bonds is 3. The standard InChI is InChI=1S/C14H13ClN4O/c15-12-7-11(14(17-10-20)5-1-2-6-14)3-4-13(12)19-9-16-8-18-19/h3-4,7-9H,1-2,5-6H2. The van der Waals surface area contributed by atoms with Crippen LogP contribution in [0, 0.1) is 0 Å². The molecule has 102 valence electrons. The molecular formula is C14H13ClN4O. The highest BCUT2D eigenvalue weighted by Gasteiger charge is 2.36. The Bertz CT molecular complexity index is 656. The van der Waals surface area contributed by atoms with Gasteiger partial charge in [0.05, 0.1) is 16.2 Å². The quantitative estimate of drug-likeness (QED) is 0.644. The molecule has 1 aromatic carbocycles. The van der Waals surface area contributed by atoms with E-state index in [1.165, 1.54) is 6.33 Å². The van der Waals surface area contributed by atoms with E-state index in [4.69, 9.17) is 11.6 Å². The minimum atomic E-state index is -0.452. The highest BCUT2D eigenvalue weighted by Crippen LogP contribution is 2.43. The summed E-state index contributed by atoms with van der Waals surface area (Å²) >= 11 is 6.33. The first kappa shape index (κ1) is 13.0. The molecule has 20 heavy (non-hydrogen) atoms. The summed E-state index contributed by atoms with van der Waals surface area (Å²) in [5, 5.41) is 4.63. The van der Waals surface area contributed by atoms with Gasteiger partial charge in [-0.2, -0.15) is 10.1 Å². The maximum atomic E-state index is 10.7. The predicted octanol–water partition coefficient (Wildman–Crippen LogP) is 3.03. The molecule has 0 saturated heterocycles. The summed E-state index contributed by atoms with van der Waals surface area (Å²) in [6.45, 7) is 0. The normalized spacial score (nSPS) is 16.9. The van der Waals surface area contributed by atoms with Crippen molar-refractivity contribution in [3.63, 3.8) is 0 Å². The number of aliphatic imine (C=N–C) groups is 1. The molecule has 1 aromatic heterocycles. The Morgan fingerprint density at radius 2 is 2.15 bits per heavy atom. The molecule has 0 amide bonds. The summed E-state index contributed by atoms with van der Waals surface area (Å²) in [7, 11) is 0. The van der Waals surface area contributed by atoms with Gasteiger partial charge < -0.3 is 0 Å². The second-order valence-electron chi connectivity index (χ2n) is 4.95. The van der Waals surface area contributed by atoms with E-state index in [9.17, 15) is 4.79 Å². The van der Waals surface area contributed by atoms with Gasteiger partial charge >= 0.3 is 0 Å². The van der Waals surface area contributed by atoms with Gasteiger partial charge in [-0.15, -0.1) is 0 Å². The summed E-state index contributed by atoms with van der Waals surface area (Å²) in [6, 6.07) is 5.70. The number of benzene rings is 1. The van der Waals surface area contributed by atoms with Crippen LogP contribution in [0.25, 0.3) is 5.69 Å². The Morgan fingerprint density at radius 1 is 1.35 bits per heavy atom. The molecule has 0 atom stereocenters. The van der Waals surface area contributed by atoms with Crippen LogP contribution in [0.5, 0.6) is 0 Å². The lowest BCUT2D eigenvalue weighted by atomic mass is 9.89. The average molecular weight is 289 g/mol. The third-order valence-electron chi connectivity index (χ3n) is 3.84. The molecule has 0 spiro atoms. The number of halogens is 1. The van der Waals surface area contributed by atoms with Crippen molar-refractivity contribution in [2.75, 3.05) is 0 Å². The van der Waals surface area contributed by atoms with E-state index in [2.05, 4.69) is 15.1 Å². The van der Waals surface area contributed by atoms with Crippen molar-refractivity contribution < 1.29 is 4.79 Å². The van der Waals surface area contributed by atoms with Crippen LogP contribution in [0.3, 0.4) is 0 Å². The first-order valence-electron chi connectivity index (χ1n) is 6.49. The van der Waals surface area contributed by atoms with Crippen LogP contribution < -0.4 is 0 Å². The number of nitrogens with zero attached hydrogens (tertiary/aromatic N) is 4. The molecule has 0 radical (unpaired) electrons. The van der Waals surface area contributed by atoms with Crippen LogP contribution in [0.2, 0.25) is 5.02 Å². The third-order valence-corrected chi connectivity index (χ3v) is 4.14. The minimum Gasteiger partial charge on any atom is -0.223 e. The van der Waals surface area contributed by atoms with Gasteiger partial charge in [0.25, 0.3) is 0 Å². The summed E-state index contributed by atoms with van der Waals surface area (Å²) in [6.07, 6.45) is 8.62. The van der Waals surface area contributed by atoms with Crippen molar-refractivity contribution in [2.45, 2.75) is 31.2 Å². The van der Waals surface area contributed by atoms with Gasteiger partial charge in [0.2, 0.25) is 6.08 Å². The fourth-order valence-corrected chi connectivity index (χ4v) is 3.09. The largest absolute Gasteiger partial charge is 0.235 e. The first-order chi connectivity index (χ1) is 9.75. The van der Waals surface area contributed by atoms with Crippen LogP contribution >= 0.6 is 11.6 Å². The summed E-state index contributed by atoms with van der Waals surface area (Å²) < 4.78 is 1.61. The first-order valence-corrected chi connectivity index (χ1v) is 6.87. The van der Waals surface area contributed by atoms with Crippen molar-refractivity contribution in [1.29, 1.82) is 0 Å². The Morgan fingerprint density at radius 3 is 2.75 bits per heavy atom. The van der Waals surface area contributed by atoms with E-state index in [-0.39, 0.29) is 0 Å². The minimum absolute atomic E-state index is 0.452. The van der Waals surface area contributed by atoms with E-state index in [1.807, 2.05) is 18.2 Å². The smallest absolute Gasteiger partial charge is 0.223 e. The molecule has 1 fully saturated rings. The van der Waals surface area contributed by atoms with Gasteiger partial charge in [-0.25, -0.2) is 14.5 Å². The molecule has 0 N–H and O–H groups in total. The lowest BCUT2D eigenvalue weighted by Gasteiger charge is -2.23. The summed E-state index contributed by atoms with van der Waals surface area (Å²) in [5.74, 6) is 0. The number of isocyanates is 1. The molecule has 1 aliphatic carbocycles. The SMILES string of the molecule is O=C=NC1(c2ccc(-n3cncn3)c(Cl)c2)CCCC1. The highest BCUT2D eigenvalue weighted by atomic mass is 35.5. The van der Waals surface area contributed by atoms with Crippen LogP contribution in [-0.2, 0) is 10.3 Å². The molecule has 1 saturated carbocycles. The zero-order valence-electron chi connectivity index (χ0n) is 10.8. The molecular weight excluding hydrogens is 276 g/mol. The van der Waals surface area contributed by atoms with Gasteiger partial charge in [0.15, 0.2) is 0 Å². The molecule has 1 heterocycles. The number of hydrogen-bond acceptors (Lipinski definition) is 4. The topological polar surface area (TPSA) is 60.1 Å². The Labute approximate surface area is 121 Å². The molecule has 3 rings (SSSR count). The average Bonchev–Trinajstić information content (AvgIpc) is 3.10. The van der Waals surface area contributed by atoms with Crippen LogP contribution in [-0.4, -0.2) is 20.8 Å².